The summed E-state index contributed by atoms with van der Waals surface area (Å²) in [7, 11) is 3.00. The first-order chi connectivity index (χ1) is 15.0. The van der Waals surface area contributed by atoms with Crippen LogP contribution in [0.3, 0.4) is 0 Å². The van der Waals surface area contributed by atoms with Crippen molar-refractivity contribution in [2.75, 3.05) is 26.1 Å². The van der Waals surface area contributed by atoms with Crippen LogP contribution in [-0.2, 0) is 19.7 Å². The summed E-state index contributed by atoms with van der Waals surface area (Å²) in [6.07, 6.45) is -1.06. The van der Waals surface area contributed by atoms with Gasteiger partial charge in [-0.3, -0.25) is 14.4 Å². The van der Waals surface area contributed by atoms with E-state index in [9.17, 15) is 14.4 Å². The summed E-state index contributed by atoms with van der Waals surface area (Å²) in [5.41, 5.74) is 1.97. The SMILES string of the molecule is COc1ccc(NC(=O)C(C)OC(=O)CNC(=O)c2ccc(C(C)(C)C)cc2)cc1OC. The first-order valence-electron chi connectivity index (χ1n) is 10.2. The largest absolute Gasteiger partial charge is 0.493 e. The number of rotatable bonds is 8. The van der Waals surface area contributed by atoms with Crippen LogP contribution in [0.2, 0.25) is 0 Å². The van der Waals surface area contributed by atoms with Crippen LogP contribution in [0.1, 0.15) is 43.6 Å². The number of anilines is 1. The highest BCUT2D eigenvalue weighted by Gasteiger charge is 2.20. The Bertz CT molecular complexity index is 963. The summed E-state index contributed by atoms with van der Waals surface area (Å²) >= 11 is 0. The average Bonchev–Trinajstić information content (AvgIpc) is 2.76. The Labute approximate surface area is 188 Å². The summed E-state index contributed by atoms with van der Waals surface area (Å²) in [5.74, 6) is -0.666. The van der Waals surface area contributed by atoms with E-state index in [1.165, 1.54) is 21.1 Å². The molecule has 0 aliphatic heterocycles. The molecule has 0 aliphatic rings. The Hall–Kier alpha value is -3.55. The van der Waals surface area contributed by atoms with Crippen molar-refractivity contribution >= 4 is 23.5 Å². The van der Waals surface area contributed by atoms with E-state index in [-0.39, 0.29) is 12.0 Å². The molecule has 0 bridgehead atoms. The summed E-state index contributed by atoms with van der Waals surface area (Å²) in [6.45, 7) is 7.34. The molecule has 0 saturated heterocycles. The monoisotopic (exact) mass is 442 g/mol. The van der Waals surface area contributed by atoms with Crippen LogP contribution in [0.4, 0.5) is 5.69 Å². The third-order valence-electron chi connectivity index (χ3n) is 4.73. The van der Waals surface area contributed by atoms with Crippen LogP contribution in [-0.4, -0.2) is 44.7 Å². The second-order valence-corrected chi connectivity index (χ2v) is 8.20. The number of methoxy groups -OCH3 is 2. The molecular weight excluding hydrogens is 412 g/mol. The molecule has 2 N–H and O–H groups in total. The van der Waals surface area contributed by atoms with Gasteiger partial charge in [-0.15, -0.1) is 0 Å². The number of nitrogens with one attached hydrogen (secondary N) is 2. The van der Waals surface area contributed by atoms with Crippen molar-refractivity contribution in [3.05, 3.63) is 53.6 Å². The summed E-state index contributed by atoms with van der Waals surface area (Å²) < 4.78 is 15.5. The number of benzene rings is 2. The standard InChI is InChI=1S/C24H30N2O6/c1-15(22(28)26-18-11-12-19(30-5)20(13-18)31-6)32-21(27)14-25-23(29)16-7-9-17(10-8-16)24(2,3)4/h7-13,15H,14H2,1-6H3,(H,25,29)(H,26,28). The fourth-order valence-corrected chi connectivity index (χ4v) is 2.83. The number of amides is 2. The van der Waals surface area contributed by atoms with Gasteiger partial charge in [-0.05, 0) is 42.2 Å². The van der Waals surface area contributed by atoms with Crippen LogP contribution in [0.5, 0.6) is 11.5 Å². The van der Waals surface area contributed by atoms with Crippen LogP contribution in [0.15, 0.2) is 42.5 Å². The maximum Gasteiger partial charge on any atom is 0.326 e. The van der Waals surface area contributed by atoms with Gasteiger partial charge in [0, 0.05) is 17.3 Å². The minimum Gasteiger partial charge on any atom is -0.493 e. The van der Waals surface area contributed by atoms with E-state index in [0.717, 1.165) is 5.56 Å². The fraction of sp³-hybridized carbons (Fsp3) is 0.375. The number of carbonyl (C=O) groups is 3. The third kappa shape index (κ3) is 6.73. The molecule has 172 valence electrons. The molecule has 0 heterocycles. The van der Waals surface area contributed by atoms with Gasteiger partial charge in [0.1, 0.15) is 6.54 Å². The lowest BCUT2D eigenvalue weighted by Crippen LogP contribution is -2.35. The highest BCUT2D eigenvalue weighted by Crippen LogP contribution is 2.29. The lowest BCUT2D eigenvalue weighted by atomic mass is 9.87. The average molecular weight is 443 g/mol. The highest BCUT2D eigenvalue weighted by molar-refractivity contribution is 5.97. The molecule has 32 heavy (non-hydrogen) atoms. The Balaban J connectivity index is 1.85. The quantitative estimate of drug-likeness (QED) is 0.608. The molecule has 0 aliphatic carbocycles. The molecule has 0 radical (unpaired) electrons. The van der Waals surface area contributed by atoms with Crippen molar-refractivity contribution in [1.82, 2.24) is 5.32 Å². The smallest absolute Gasteiger partial charge is 0.326 e. The van der Waals surface area contributed by atoms with E-state index in [4.69, 9.17) is 14.2 Å². The topological polar surface area (TPSA) is 103 Å². The molecule has 1 unspecified atom stereocenters. The van der Waals surface area contributed by atoms with Crippen molar-refractivity contribution in [2.24, 2.45) is 0 Å². The van der Waals surface area contributed by atoms with E-state index >= 15 is 0 Å². The number of hydrogen-bond acceptors (Lipinski definition) is 6. The molecule has 1 atom stereocenters. The molecule has 2 rings (SSSR count). The molecule has 2 aromatic rings. The van der Waals surface area contributed by atoms with Gasteiger partial charge in [0.15, 0.2) is 17.6 Å². The second-order valence-electron chi connectivity index (χ2n) is 8.20. The Morgan fingerprint density at radius 3 is 2.12 bits per heavy atom. The Morgan fingerprint density at radius 1 is 0.938 bits per heavy atom. The Morgan fingerprint density at radius 2 is 1.56 bits per heavy atom. The molecule has 0 aromatic heterocycles. The molecule has 2 amide bonds. The van der Waals surface area contributed by atoms with Crippen LogP contribution in [0, 0.1) is 0 Å². The molecule has 0 fully saturated rings. The maximum absolute atomic E-state index is 12.3. The predicted molar refractivity (Wildman–Crippen MR) is 121 cm³/mol. The fourth-order valence-electron chi connectivity index (χ4n) is 2.83. The van der Waals surface area contributed by atoms with Gasteiger partial charge in [0.2, 0.25) is 0 Å². The third-order valence-corrected chi connectivity index (χ3v) is 4.73. The van der Waals surface area contributed by atoms with Gasteiger partial charge in [-0.25, -0.2) is 0 Å². The van der Waals surface area contributed by atoms with Crippen molar-refractivity contribution in [2.45, 2.75) is 39.2 Å². The number of hydrogen-bond donors (Lipinski definition) is 2. The van der Waals surface area contributed by atoms with E-state index in [2.05, 4.69) is 31.4 Å². The zero-order valence-electron chi connectivity index (χ0n) is 19.3. The van der Waals surface area contributed by atoms with E-state index < -0.39 is 23.9 Å². The van der Waals surface area contributed by atoms with Gasteiger partial charge in [-0.1, -0.05) is 32.9 Å². The predicted octanol–water partition coefficient (Wildman–Crippen LogP) is 3.30. The zero-order chi connectivity index (χ0) is 23.9. The second kappa shape index (κ2) is 10.7. The van der Waals surface area contributed by atoms with Gasteiger partial charge in [0.05, 0.1) is 14.2 Å². The maximum atomic E-state index is 12.3. The van der Waals surface area contributed by atoms with E-state index in [1.807, 2.05) is 12.1 Å². The van der Waals surface area contributed by atoms with Crippen LogP contribution in [0.25, 0.3) is 0 Å². The van der Waals surface area contributed by atoms with Crippen LogP contribution < -0.4 is 20.1 Å². The van der Waals surface area contributed by atoms with E-state index in [0.29, 0.717) is 22.7 Å². The zero-order valence-corrected chi connectivity index (χ0v) is 19.3. The van der Waals surface area contributed by atoms with Gasteiger partial charge in [0.25, 0.3) is 11.8 Å². The summed E-state index contributed by atoms with van der Waals surface area (Å²) in [4.78, 5) is 36.7. The van der Waals surface area contributed by atoms with Gasteiger partial charge < -0.3 is 24.8 Å². The highest BCUT2D eigenvalue weighted by atomic mass is 16.5. The normalized spacial score (nSPS) is 11.8. The van der Waals surface area contributed by atoms with Crippen molar-refractivity contribution in [3.8, 4) is 11.5 Å². The van der Waals surface area contributed by atoms with Crippen molar-refractivity contribution < 1.29 is 28.6 Å². The molecule has 8 nitrogen and oxygen atoms in total. The summed E-state index contributed by atoms with van der Waals surface area (Å²) in [5, 5.41) is 5.15. The van der Waals surface area contributed by atoms with Gasteiger partial charge >= 0.3 is 5.97 Å². The molecule has 0 saturated carbocycles. The van der Waals surface area contributed by atoms with Crippen molar-refractivity contribution in [1.29, 1.82) is 0 Å². The van der Waals surface area contributed by atoms with Gasteiger partial charge in [-0.2, -0.15) is 0 Å². The van der Waals surface area contributed by atoms with Crippen LogP contribution >= 0.6 is 0 Å². The minimum atomic E-state index is -1.06. The molecule has 2 aromatic carbocycles. The molecule has 8 heteroatoms. The lowest BCUT2D eigenvalue weighted by Gasteiger charge is -2.19. The lowest BCUT2D eigenvalue weighted by molar-refractivity contribution is -0.152. The number of carbonyl (C=O) groups excluding carboxylic acids is 3. The summed E-state index contributed by atoms with van der Waals surface area (Å²) in [6, 6.07) is 12.1. The Kier molecular flexibility index (Phi) is 8.23. The number of esters is 1. The molecular formula is C24H30N2O6. The first kappa shape index (κ1) is 24.7. The number of ether oxygens (including phenoxy) is 3. The van der Waals surface area contributed by atoms with E-state index in [1.54, 1.807) is 30.3 Å². The minimum absolute atomic E-state index is 0.0214. The first-order valence-corrected chi connectivity index (χ1v) is 10.2. The van der Waals surface area contributed by atoms with Crippen molar-refractivity contribution in [3.63, 3.8) is 0 Å². The molecule has 0 spiro atoms.